The van der Waals surface area contributed by atoms with Crippen molar-refractivity contribution in [3.05, 3.63) is 229 Å². The summed E-state index contributed by atoms with van der Waals surface area (Å²) in [6.07, 6.45) is 4.67. The lowest BCUT2D eigenvalue weighted by Crippen LogP contribution is -1.94. The van der Waals surface area contributed by atoms with Crippen molar-refractivity contribution in [3.8, 4) is 0 Å². The SMILES string of the molecule is C=C.CC.CC(c1ccccc1)c1ccccc1.CCC.CCc1ccccc1.CCc1ccccc1.CCc1ccccc1.c1ccccc1. The van der Waals surface area contributed by atoms with Gasteiger partial charge in [-0.1, -0.05) is 250 Å². The van der Waals surface area contributed by atoms with Gasteiger partial charge in [-0.3, -0.25) is 0 Å². The number of benzene rings is 6. The quantitative estimate of drug-likeness (QED) is 0.159. The number of hydrogen-bond acceptors (Lipinski definition) is 0. The molecule has 0 aliphatic rings. The maximum Gasteiger partial charge on any atom is 0.00610 e. The van der Waals surface area contributed by atoms with Crippen molar-refractivity contribution in [1.82, 2.24) is 0 Å². The predicted molar refractivity (Wildman–Crippen MR) is 233 cm³/mol. The molecule has 0 unspecified atom stereocenters. The van der Waals surface area contributed by atoms with Gasteiger partial charge in [-0.2, -0.15) is 0 Å². The summed E-state index contributed by atoms with van der Waals surface area (Å²) in [6.45, 7) is 23.0. The third-order valence-corrected chi connectivity index (χ3v) is 7.02. The molecule has 0 heteroatoms. The van der Waals surface area contributed by atoms with E-state index >= 15 is 0 Å². The van der Waals surface area contributed by atoms with Crippen molar-refractivity contribution in [2.45, 2.75) is 87.0 Å². The molecule has 6 rings (SSSR count). The molecular formula is C51H68. The molecule has 0 nitrogen and oxygen atoms in total. The zero-order valence-electron chi connectivity index (χ0n) is 33.2. The summed E-state index contributed by atoms with van der Waals surface area (Å²) in [5, 5.41) is 0. The Kier molecular flexibility index (Phi) is 35.8. The summed E-state index contributed by atoms with van der Waals surface area (Å²) in [7, 11) is 0. The molecule has 6 aromatic rings. The fourth-order valence-corrected chi connectivity index (χ4v) is 4.20. The minimum absolute atomic E-state index is 0.484. The second-order valence-corrected chi connectivity index (χ2v) is 10.9. The Balaban J connectivity index is 0. The highest BCUT2D eigenvalue weighted by atomic mass is 14.1. The Morgan fingerprint density at radius 3 is 0.647 bits per heavy atom. The summed E-state index contributed by atoms with van der Waals surface area (Å²) in [5.74, 6) is 0.484. The summed E-state index contributed by atoms with van der Waals surface area (Å²) in [6, 6.07) is 64.6. The molecule has 272 valence electrons. The monoisotopic (exact) mass is 681 g/mol. The molecule has 0 amide bonds. The van der Waals surface area contributed by atoms with Gasteiger partial charge in [-0.05, 0) is 47.1 Å². The van der Waals surface area contributed by atoms with Crippen LogP contribution < -0.4 is 0 Å². The average molecular weight is 681 g/mol. The highest BCUT2D eigenvalue weighted by Gasteiger charge is 2.05. The van der Waals surface area contributed by atoms with Crippen molar-refractivity contribution in [3.63, 3.8) is 0 Å². The van der Waals surface area contributed by atoms with E-state index in [1.807, 2.05) is 68.4 Å². The van der Waals surface area contributed by atoms with Gasteiger partial charge < -0.3 is 0 Å². The minimum Gasteiger partial charge on any atom is -0.106 e. The number of aryl methyl sites for hydroxylation is 3. The molecule has 0 heterocycles. The van der Waals surface area contributed by atoms with Crippen molar-refractivity contribution in [2.75, 3.05) is 0 Å². The molecule has 0 saturated carbocycles. The zero-order valence-corrected chi connectivity index (χ0v) is 33.2. The topological polar surface area (TPSA) is 0 Å². The maximum absolute atomic E-state index is 3.00. The van der Waals surface area contributed by atoms with Crippen LogP contribution in [0.5, 0.6) is 0 Å². The normalized spacial score (nSPS) is 8.65. The first-order valence-electron chi connectivity index (χ1n) is 18.8. The molecule has 51 heavy (non-hydrogen) atoms. The molecule has 0 N–H and O–H groups in total. The lowest BCUT2D eigenvalue weighted by Gasteiger charge is -2.11. The van der Waals surface area contributed by atoms with Crippen LogP contribution in [0.25, 0.3) is 0 Å². The van der Waals surface area contributed by atoms with Gasteiger partial charge in [0.05, 0.1) is 0 Å². The maximum atomic E-state index is 3.00. The van der Waals surface area contributed by atoms with E-state index in [4.69, 9.17) is 0 Å². The van der Waals surface area contributed by atoms with E-state index < -0.39 is 0 Å². The summed E-state index contributed by atoms with van der Waals surface area (Å²) < 4.78 is 0. The van der Waals surface area contributed by atoms with Crippen LogP contribution in [0.15, 0.2) is 201 Å². The van der Waals surface area contributed by atoms with Crippen LogP contribution in [-0.4, -0.2) is 0 Å². The van der Waals surface area contributed by atoms with Crippen LogP contribution in [0.2, 0.25) is 0 Å². The zero-order chi connectivity index (χ0) is 38.2. The average Bonchev–Trinajstić information content (AvgIpc) is 3.25. The van der Waals surface area contributed by atoms with Crippen LogP contribution in [0.1, 0.15) is 95.5 Å². The van der Waals surface area contributed by atoms with Crippen LogP contribution >= 0.6 is 0 Å². The van der Waals surface area contributed by atoms with Crippen LogP contribution in [0.4, 0.5) is 0 Å². The fraction of sp³-hybridized carbons (Fsp3) is 0.255. The second-order valence-electron chi connectivity index (χ2n) is 10.9. The van der Waals surface area contributed by atoms with Gasteiger partial charge in [0.1, 0.15) is 0 Å². The van der Waals surface area contributed by atoms with E-state index in [1.165, 1.54) is 34.2 Å². The van der Waals surface area contributed by atoms with Gasteiger partial charge in [0.15, 0.2) is 0 Å². The third kappa shape index (κ3) is 27.6. The van der Waals surface area contributed by atoms with E-state index in [1.54, 1.807) is 0 Å². The Labute approximate surface area is 315 Å². The first kappa shape index (κ1) is 48.2. The highest BCUT2D eigenvalue weighted by molar-refractivity contribution is 5.31. The van der Waals surface area contributed by atoms with Gasteiger partial charge in [0.2, 0.25) is 0 Å². The largest absolute Gasteiger partial charge is 0.106 e. The third-order valence-electron chi connectivity index (χ3n) is 7.02. The van der Waals surface area contributed by atoms with Crippen molar-refractivity contribution in [2.24, 2.45) is 0 Å². The Bertz CT molecular complexity index is 1290. The van der Waals surface area contributed by atoms with Crippen LogP contribution in [0.3, 0.4) is 0 Å². The molecule has 0 fully saturated rings. The van der Waals surface area contributed by atoms with Crippen LogP contribution in [-0.2, 0) is 19.3 Å². The van der Waals surface area contributed by atoms with Gasteiger partial charge in [-0.15, -0.1) is 13.2 Å². The number of hydrogen-bond donors (Lipinski definition) is 0. The van der Waals surface area contributed by atoms with E-state index in [-0.39, 0.29) is 0 Å². The summed E-state index contributed by atoms with van der Waals surface area (Å²) in [5.41, 5.74) is 6.98. The smallest absolute Gasteiger partial charge is 0.00610 e. The molecule has 6 aromatic carbocycles. The van der Waals surface area contributed by atoms with Gasteiger partial charge >= 0.3 is 0 Å². The first-order chi connectivity index (χ1) is 25.1. The molecule has 0 bridgehead atoms. The summed E-state index contributed by atoms with van der Waals surface area (Å²) in [4.78, 5) is 0. The predicted octanol–water partition coefficient (Wildman–Crippen LogP) is 15.5. The van der Waals surface area contributed by atoms with E-state index in [2.05, 4.69) is 188 Å². The van der Waals surface area contributed by atoms with Crippen molar-refractivity contribution < 1.29 is 0 Å². The molecule has 0 radical (unpaired) electrons. The fourth-order valence-electron chi connectivity index (χ4n) is 4.20. The van der Waals surface area contributed by atoms with Gasteiger partial charge in [-0.25, -0.2) is 0 Å². The molecule has 0 atom stereocenters. The lowest BCUT2D eigenvalue weighted by atomic mass is 9.93. The molecular weight excluding hydrogens is 613 g/mol. The number of rotatable bonds is 5. The van der Waals surface area contributed by atoms with Crippen molar-refractivity contribution >= 4 is 0 Å². The molecule has 0 saturated heterocycles. The minimum atomic E-state index is 0.484. The highest BCUT2D eigenvalue weighted by Crippen LogP contribution is 2.22. The van der Waals surface area contributed by atoms with E-state index in [0.717, 1.165) is 19.3 Å². The summed E-state index contributed by atoms with van der Waals surface area (Å²) >= 11 is 0. The van der Waals surface area contributed by atoms with E-state index in [9.17, 15) is 0 Å². The Morgan fingerprint density at radius 2 is 0.490 bits per heavy atom. The molecule has 0 spiro atoms. The first-order valence-corrected chi connectivity index (χ1v) is 18.8. The van der Waals surface area contributed by atoms with E-state index in [0.29, 0.717) is 5.92 Å². The molecule has 0 aliphatic heterocycles. The standard InChI is InChI=1S/C14H14.3C8H10.C6H6.C3H8.C2H6.C2H4/c1-12(13-8-4-2-5-9-13)14-10-6-3-7-11-14;3*1-2-8-6-4-3-5-7-8;1-2-4-6-5-3-1;1-3-2;2*1-2/h2-12H,1H3;3*3-7H,2H2,1H3;1-6H;3H2,1-2H3;1-2H3;1-2H2. The van der Waals surface area contributed by atoms with Crippen LogP contribution in [0, 0.1) is 0 Å². The Morgan fingerprint density at radius 1 is 0.333 bits per heavy atom. The van der Waals surface area contributed by atoms with Crippen molar-refractivity contribution in [1.29, 1.82) is 0 Å². The molecule has 0 aromatic heterocycles. The Hall–Kier alpha value is -4.94. The second kappa shape index (κ2) is 37.9. The van der Waals surface area contributed by atoms with Gasteiger partial charge in [0.25, 0.3) is 0 Å². The molecule has 0 aliphatic carbocycles. The lowest BCUT2D eigenvalue weighted by molar-refractivity contribution is 0.922. The van der Waals surface area contributed by atoms with Gasteiger partial charge in [0, 0.05) is 5.92 Å².